The van der Waals surface area contributed by atoms with Gasteiger partial charge in [-0.2, -0.15) is 0 Å². The van der Waals surface area contributed by atoms with Gasteiger partial charge in [0, 0.05) is 5.41 Å². The number of rotatable bonds is 2. The fourth-order valence-corrected chi connectivity index (χ4v) is 3.58. The second-order valence-corrected chi connectivity index (χ2v) is 7.91. The first-order valence-electron chi connectivity index (χ1n) is 6.88. The number of nitrogens with zero attached hydrogens (tertiary/aromatic N) is 1. The van der Waals surface area contributed by atoms with E-state index in [2.05, 4.69) is 25.8 Å². The van der Waals surface area contributed by atoms with E-state index in [9.17, 15) is 5.11 Å². The van der Waals surface area contributed by atoms with E-state index in [1.54, 1.807) is 0 Å². The van der Waals surface area contributed by atoms with Crippen molar-refractivity contribution in [2.75, 3.05) is 13.2 Å². The lowest BCUT2D eigenvalue weighted by Gasteiger charge is -2.13. The summed E-state index contributed by atoms with van der Waals surface area (Å²) in [6.07, 6.45) is -0.480. The van der Waals surface area contributed by atoms with Crippen molar-refractivity contribution in [2.24, 2.45) is 0 Å². The smallest absolute Gasteiger partial charge is 0.200 e. The van der Waals surface area contributed by atoms with Gasteiger partial charge in [-0.05, 0) is 12.1 Å². The van der Waals surface area contributed by atoms with Crippen molar-refractivity contribution in [2.45, 2.75) is 42.4 Å². The summed E-state index contributed by atoms with van der Waals surface area (Å²) in [5.41, 5.74) is 1.32. The lowest BCUT2D eigenvalue weighted by Crippen LogP contribution is -2.19. The molecular formula is C15H18ClNO3S. The minimum Gasteiger partial charge on any atom is -0.439 e. The van der Waals surface area contributed by atoms with Crippen molar-refractivity contribution in [1.29, 1.82) is 0 Å². The molecule has 1 N–H and O–H groups in total. The van der Waals surface area contributed by atoms with E-state index in [1.807, 2.05) is 12.1 Å². The average Bonchev–Trinajstić information content (AvgIpc) is 2.99. The number of hydrogen-bond donors (Lipinski definition) is 1. The van der Waals surface area contributed by atoms with Crippen LogP contribution in [0.25, 0.3) is 11.1 Å². The molecule has 2 aromatic rings. The summed E-state index contributed by atoms with van der Waals surface area (Å²) in [6.45, 7) is 7.05. The quantitative estimate of drug-likeness (QED) is 0.912. The Kier molecular flexibility index (Phi) is 3.94. The number of halogens is 1. The Bertz CT molecular complexity index is 665. The molecule has 6 heteroatoms. The van der Waals surface area contributed by atoms with Crippen LogP contribution in [0.3, 0.4) is 0 Å². The minimum absolute atomic E-state index is 0.0312. The Balaban J connectivity index is 2.03. The fourth-order valence-electron chi connectivity index (χ4n) is 2.16. The summed E-state index contributed by atoms with van der Waals surface area (Å²) in [4.78, 5) is 5.37. The van der Waals surface area contributed by atoms with Crippen LogP contribution in [0.15, 0.2) is 21.4 Å². The zero-order valence-corrected chi connectivity index (χ0v) is 13.8. The summed E-state index contributed by atoms with van der Waals surface area (Å²) in [6, 6.07) is 3.69. The van der Waals surface area contributed by atoms with Crippen molar-refractivity contribution < 1.29 is 14.3 Å². The molecule has 1 aromatic heterocycles. The fraction of sp³-hybridized carbons (Fsp3) is 0.533. The molecule has 0 bridgehead atoms. The Morgan fingerprint density at radius 2 is 2.10 bits per heavy atom. The molecule has 0 unspecified atom stereocenters. The highest BCUT2D eigenvalue weighted by molar-refractivity contribution is 8.00. The summed E-state index contributed by atoms with van der Waals surface area (Å²) >= 11 is 7.82. The molecule has 3 rings (SSSR count). The average molecular weight is 328 g/mol. The largest absolute Gasteiger partial charge is 0.439 e. The third-order valence-corrected chi connectivity index (χ3v) is 5.20. The van der Waals surface area contributed by atoms with Gasteiger partial charge in [-0.3, -0.25) is 0 Å². The normalized spacial score (nSPS) is 23.1. The molecule has 1 aromatic carbocycles. The van der Waals surface area contributed by atoms with Crippen LogP contribution in [0.4, 0.5) is 0 Å². The molecule has 1 fully saturated rings. The summed E-state index contributed by atoms with van der Waals surface area (Å²) in [7, 11) is 0. The van der Waals surface area contributed by atoms with E-state index in [0.29, 0.717) is 29.7 Å². The highest BCUT2D eigenvalue weighted by atomic mass is 35.5. The topological polar surface area (TPSA) is 55.5 Å². The molecule has 1 aliphatic heterocycles. The first-order valence-corrected chi connectivity index (χ1v) is 8.14. The zero-order chi connectivity index (χ0) is 15.2. The standard InChI is InChI=1S/C15H18ClNO3S/c1-15(2,3)14-17-9-5-4-8(16)13(12(9)20-14)21-11-7-19-6-10(11)18/h4-5,10-11,18H,6-7H2,1-3H3/t10-,11+/m0/s1. The van der Waals surface area contributed by atoms with Crippen molar-refractivity contribution in [1.82, 2.24) is 4.98 Å². The van der Waals surface area contributed by atoms with Crippen LogP contribution in [0.5, 0.6) is 0 Å². The van der Waals surface area contributed by atoms with E-state index in [1.165, 1.54) is 11.8 Å². The summed E-state index contributed by atoms with van der Waals surface area (Å²) < 4.78 is 11.2. The van der Waals surface area contributed by atoms with Gasteiger partial charge in [0.05, 0.1) is 34.5 Å². The molecular weight excluding hydrogens is 310 g/mol. The van der Waals surface area contributed by atoms with Crippen LogP contribution < -0.4 is 0 Å². The highest BCUT2D eigenvalue weighted by Gasteiger charge is 2.30. The second kappa shape index (κ2) is 5.47. The number of aromatic nitrogens is 1. The maximum absolute atomic E-state index is 9.91. The third-order valence-electron chi connectivity index (χ3n) is 3.37. The molecule has 114 valence electrons. The molecule has 0 amide bonds. The number of thioether (sulfide) groups is 1. The molecule has 4 nitrogen and oxygen atoms in total. The molecule has 1 saturated heterocycles. The van der Waals surface area contributed by atoms with Crippen molar-refractivity contribution in [3.63, 3.8) is 0 Å². The first-order chi connectivity index (χ1) is 9.86. The van der Waals surface area contributed by atoms with Crippen LogP contribution in [-0.2, 0) is 10.2 Å². The van der Waals surface area contributed by atoms with Gasteiger partial charge in [0.15, 0.2) is 5.58 Å². The van der Waals surface area contributed by atoms with Crippen LogP contribution in [0, 0.1) is 0 Å². The predicted octanol–water partition coefficient (Wildman–Crippen LogP) is 3.63. The molecule has 0 radical (unpaired) electrons. The van der Waals surface area contributed by atoms with Gasteiger partial charge in [0.25, 0.3) is 0 Å². The Morgan fingerprint density at radius 3 is 2.71 bits per heavy atom. The monoisotopic (exact) mass is 327 g/mol. The zero-order valence-electron chi connectivity index (χ0n) is 12.2. The number of ether oxygens (including phenoxy) is 1. The molecule has 2 atom stereocenters. The maximum Gasteiger partial charge on any atom is 0.200 e. The van der Waals surface area contributed by atoms with Crippen LogP contribution in [0.2, 0.25) is 5.02 Å². The van der Waals surface area contributed by atoms with Crippen LogP contribution in [0.1, 0.15) is 26.7 Å². The van der Waals surface area contributed by atoms with E-state index >= 15 is 0 Å². The number of oxazole rings is 1. The second-order valence-electron chi connectivity index (χ2n) is 6.25. The molecule has 2 heterocycles. The van der Waals surface area contributed by atoms with Gasteiger partial charge in [0.1, 0.15) is 5.52 Å². The van der Waals surface area contributed by atoms with Gasteiger partial charge in [0.2, 0.25) is 5.89 Å². The van der Waals surface area contributed by atoms with Gasteiger partial charge in [-0.25, -0.2) is 4.98 Å². The van der Waals surface area contributed by atoms with Crippen LogP contribution >= 0.6 is 23.4 Å². The lowest BCUT2D eigenvalue weighted by atomic mass is 9.97. The Morgan fingerprint density at radius 1 is 1.33 bits per heavy atom. The van der Waals surface area contributed by atoms with E-state index < -0.39 is 6.10 Å². The number of aliphatic hydroxyl groups is 1. The van der Waals surface area contributed by atoms with Crippen molar-refractivity contribution >= 4 is 34.5 Å². The molecule has 21 heavy (non-hydrogen) atoms. The van der Waals surface area contributed by atoms with Crippen LogP contribution in [-0.4, -0.2) is 34.7 Å². The Labute approximate surface area is 132 Å². The van der Waals surface area contributed by atoms with Gasteiger partial charge >= 0.3 is 0 Å². The number of hydrogen-bond acceptors (Lipinski definition) is 5. The lowest BCUT2D eigenvalue weighted by molar-refractivity contribution is 0.127. The van der Waals surface area contributed by atoms with Crippen molar-refractivity contribution in [3.8, 4) is 0 Å². The van der Waals surface area contributed by atoms with E-state index in [4.69, 9.17) is 20.8 Å². The third kappa shape index (κ3) is 2.93. The molecule has 0 saturated carbocycles. The molecule has 1 aliphatic rings. The first kappa shape index (κ1) is 15.2. The molecule has 0 aliphatic carbocycles. The summed E-state index contributed by atoms with van der Waals surface area (Å²) in [5, 5.41) is 10.5. The molecule has 0 spiro atoms. The minimum atomic E-state index is -0.480. The van der Waals surface area contributed by atoms with Crippen molar-refractivity contribution in [3.05, 3.63) is 23.0 Å². The van der Waals surface area contributed by atoms with E-state index in [-0.39, 0.29) is 10.7 Å². The van der Waals surface area contributed by atoms with Gasteiger partial charge in [-0.15, -0.1) is 11.8 Å². The van der Waals surface area contributed by atoms with E-state index in [0.717, 1.165) is 10.4 Å². The number of benzene rings is 1. The van der Waals surface area contributed by atoms with Gasteiger partial charge in [-0.1, -0.05) is 32.4 Å². The SMILES string of the molecule is CC(C)(C)c1nc2ccc(Cl)c(S[C@@H]3COC[C@@H]3O)c2o1. The number of aliphatic hydroxyl groups excluding tert-OH is 1. The summed E-state index contributed by atoms with van der Waals surface area (Å²) in [5.74, 6) is 0.685. The van der Waals surface area contributed by atoms with Gasteiger partial charge < -0.3 is 14.3 Å². The predicted molar refractivity (Wildman–Crippen MR) is 84.2 cm³/mol. The highest BCUT2D eigenvalue weighted by Crippen LogP contribution is 2.40. The maximum atomic E-state index is 9.91. The Hall–Kier alpha value is -0.750. The number of fused-ring (bicyclic) bond motifs is 1.